The first-order valence-electron chi connectivity index (χ1n) is 9.43. The van der Waals surface area contributed by atoms with Crippen molar-refractivity contribution >= 4 is 38.5 Å². The van der Waals surface area contributed by atoms with Crippen LogP contribution >= 0.6 is 0 Å². The number of sulfonamides is 1. The van der Waals surface area contributed by atoms with Crippen LogP contribution in [0.2, 0.25) is 0 Å². The first kappa shape index (κ1) is 23.4. The number of benzene rings is 1. The highest BCUT2D eigenvalue weighted by Gasteiger charge is 2.23. The summed E-state index contributed by atoms with van der Waals surface area (Å²) in [5.41, 5.74) is 0.567. The molecule has 0 atom stereocenters. The molecule has 2 aromatic rings. The van der Waals surface area contributed by atoms with Crippen molar-refractivity contribution in [3.63, 3.8) is 0 Å². The highest BCUT2D eigenvalue weighted by molar-refractivity contribution is 7.89. The predicted molar refractivity (Wildman–Crippen MR) is 109 cm³/mol. The Hall–Kier alpha value is -2.85. The third-order valence-electron chi connectivity index (χ3n) is 3.89. The van der Waals surface area contributed by atoms with Crippen molar-refractivity contribution in [1.29, 1.82) is 0 Å². The van der Waals surface area contributed by atoms with E-state index in [-0.39, 0.29) is 53.7 Å². The summed E-state index contributed by atoms with van der Waals surface area (Å²) in [7, 11) is -3.81. The van der Waals surface area contributed by atoms with Gasteiger partial charge < -0.3 is 18.6 Å². The van der Waals surface area contributed by atoms with Crippen LogP contribution in [0.15, 0.2) is 33.6 Å². The van der Waals surface area contributed by atoms with Gasteiger partial charge in [-0.05, 0) is 44.5 Å². The van der Waals surface area contributed by atoms with Gasteiger partial charge in [0.25, 0.3) is 0 Å². The molecule has 0 aliphatic heterocycles. The molecule has 164 valence electrons. The second-order valence-corrected chi connectivity index (χ2v) is 7.83. The fourth-order valence-electron chi connectivity index (χ4n) is 2.66. The molecule has 0 aliphatic carbocycles. The van der Waals surface area contributed by atoms with Crippen LogP contribution in [0.5, 0.6) is 5.75 Å². The molecule has 1 N–H and O–H groups in total. The first-order valence-corrected chi connectivity index (χ1v) is 10.9. The van der Waals surface area contributed by atoms with E-state index in [1.165, 1.54) is 24.3 Å². The fraction of sp³-hybridized carbons (Fsp3) is 0.400. The number of carbonyl (C=O) groups is 2. The Kier molecular flexibility index (Phi) is 8.01. The van der Waals surface area contributed by atoms with Gasteiger partial charge >= 0.3 is 11.9 Å². The van der Waals surface area contributed by atoms with E-state index in [9.17, 15) is 18.0 Å². The molecule has 1 aromatic heterocycles. The minimum atomic E-state index is -3.81. The third kappa shape index (κ3) is 5.61. The van der Waals surface area contributed by atoms with E-state index >= 15 is 0 Å². The SMILES string of the molecule is CCNS(=O)(=O)c1ccc(OCC(=O)OCC)c2oc(/C(C)=C/C(=O)OCC)cc12. The molecule has 0 saturated carbocycles. The van der Waals surface area contributed by atoms with E-state index in [2.05, 4.69) is 4.72 Å². The number of fused-ring (bicyclic) bond motifs is 1. The Bertz CT molecular complexity index is 1050. The molecule has 0 fully saturated rings. The van der Waals surface area contributed by atoms with Gasteiger partial charge in [-0.1, -0.05) is 6.92 Å². The van der Waals surface area contributed by atoms with Gasteiger partial charge in [0.1, 0.15) is 5.76 Å². The summed E-state index contributed by atoms with van der Waals surface area (Å²) < 4.78 is 48.6. The number of esters is 2. The maximum Gasteiger partial charge on any atom is 0.344 e. The molecule has 2 rings (SSSR count). The molecular weight excluding hydrogens is 414 g/mol. The Balaban J connectivity index is 2.55. The van der Waals surface area contributed by atoms with Gasteiger partial charge in [0.15, 0.2) is 17.9 Å². The third-order valence-corrected chi connectivity index (χ3v) is 5.50. The molecule has 0 spiro atoms. The molecule has 0 amide bonds. The normalized spacial score (nSPS) is 12.1. The van der Waals surface area contributed by atoms with Crippen molar-refractivity contribution in [2.24, 2.45) is 0 Å². The molecule has 1 heterocycles. The van der Waals surface area contributed by atoms with Crippen molar-refractivity contribution in [3.8, 4) is 5.75 Å². The molecule has 1 aromatic carbocycles. The van der Waals surface area contributed by atoms with Crippen molar-refractivity contribution in [2.45, 2.75) is 32.6 Å². The van der Waals surface area contributed by atoms with Gasteiger partial charge in [-0.3, -0.25) is 0 Å². The van der Waals surface area contributed by atoms with Crippen LogP contribution in [0.3, 0.4) is 0 Å². The van der Waals surface area contributed by atoms with Crippen molar-refractivity contribution < 1.29 is 36.6 Å². The number of nitrogens with one attached hydrogen (secondary N) is 1. The largest absolute Gasteiger partial charge is 0.478 e. The summed E-state index contributed by atoms with van der Waals surface area (Å²) in [5.74, 6) is -0.684. The monoisotopic (exact) mass is 439 g/mol. The number of carbonyl (C=O) groups excluding carboxylic acids is 2. The maximum absolute atomic E-state index is 12.6. The number of furan rings is 1. The second kappa shape index (κ2) is 10.3. The quantitative estimate of drug-likeness (QED) is 0.443. The Morgan fingerprint density at radius 3 is 2.47 bits per heavy atom. The van der Waals surface area contributed by atoms with Crippen LogP contribution in [-0.4, -0.2) is 46.7 Å². The van der Waals surface area contributed by atoms with Gasteiger partial charge in [-0.2, -0.15) is 0 Å². The van der Waals surface area contributed by atoms with Gasteiger partial charge in [-0.25, -0.2) is 22.7 Å². The predicted octanol–water partition coefficient (Wildman–Crippen LogP) is 2.64. The summed E-state index contributed by atoms with van der Waals surface area (Å²) in [4.78, 5) is 23.3. The lowest BCUT2D eigenvalue weighted by Crippen LogP contribution is -2.23. The van der Waals surface area contributed by atoms with Gasteiger partial charge in [-0.15, -0.1) is 0 Å². The molecule has 30 heavy (non-hydrogen) atoms. The molecule has 0 aliphatic rings. The van der Waals surface area contributed by atoms with Crippen molar-refractivity contribution in [2.75, 3.05) is 26.4 Å². The minimum Gasteiger partial charge on any atom is -0.478 e. The number of hydrogen-bond donors (Lipinski definition) is 1. The zero-order valence-electron chi connectivity index (χ0n) is 17.3. The Morgan fingerprint density at radius 1 is 1.13 bits per heavy atom. The maximum atomic E-state index is 12.6. The average Bonchev–Trinajstić information content (AvgIpc) is 3.12. The topological polar surface area (TPSA) is 121 Å². The zero-order valence-corrected chi connectivity index (χ0v) is 18.1. The molecular formula is C20H25NO8S. The summed E-state index contributed by atoms with van der Waals surface area (Å²) in [6, 6.07) is 4.27. The number of rotatable bonds is 10. The van der Waals surface area contributed by atoms with Crippen molar-refractivity contribution in [3.05, 3.63) is 30.0 Å². The van der Waals surface area contributed by atoms with E-state index in [4.69, 9.17) is 18.6 Å². The van der Waals surface area contributed by atoms with E-state index < -0.39 is 22.0 Å². The molecule has 0 radical (unpaired) electrons. The van der Waals surface area contributed by atoms with Crippen molar-refractivity contribution in [1.82, 2.24) is 4.72 Å². The fourth-order valence-corrected chi connectivity index (χ4v) is 3.88. The smallest absolute Gasteiger partial charge is 0.344 e. The van der Waals surface area contributed by atoms with E-state index in [1.54, 1.807) is 27.7 Å². The Labute approximate surface area is 175 Å². The van der Waals surface area contributed by atoms with Crippen LogP contribution in [0.25, 0.3) is 16.5 Å². The number of ether oxygens (including phenoxy) is 3. The van der Waals surface area contributed by atoms with E-state index in [0.717, 1.165) is 0 Å². The van der Waals surface area contributed by atoms with Gasteiger partial charge in [0.05, 0.1) is 18.1 Å². The molecule has 10 heteroatoms. The van der Waals surface area contributed by atoms with Crippen LogP contribution < -0.4 is 9.46 Å². The summed E-state index contributed by atoms with van der Waals surface area (Å²) in [6.45, 7) is 6.93. The summed E-state index contributed by atoms with van der Waals surface area (Å²) in [6.07, 6.45) is 1.25. The van der Waals surface area contributed by atoms with Crippen LogP contribution in [0, 0.1) is 0 Å². The van der Waals surface area contributed by atoms with Crippen LogP contribution in [0.1, 0.15) is 33.5 Å². The second-order valence-electron chi connectivity index (χ2n) is 6.09. The van der Waals surface area contributed by atoms with E-state index in [0.29, 0.717) is 5.57 Å². The summed E-state index contributed by atoms with van der Waals surface area (Å²) in [5, 5.41) is 0.254. The zero-order chi connectivity index (χ0) is 22.3. The van der Waals surface area contributed by atoms with Crippen LogP contribution in [0.4, 0.5) is 0 Å². The Morgan fingerprint density at radius 2 is 1.83 bits per heavy atom. The molecule has 0 saturated heterocycles. The van der Waals surface area contributed by atoms with Gasteiger partial charge in [0, 0.05) is 18.0 Å². The number of allylic oxidation sites excluding steroid dienone is 1. The minimum absolute atomic E-state index is 0.0123. The van der Waals surface area contributed by atoms with Gasteiger partial charge in [0.2, 0.25) is 10.0 Å². The highest BCUT2D eigenvalue weighted by Crippen LogP contribution is 2.36. The number of hydrogen-bond acceptors (Lipinski definition) is 8. The molecule has 0 unspecified atom stereocenters. The average molecular weight is 439 g/mol. The lowest BCUT2D eigenvalue weighted by molar-refractivity contribution is -0.145. The summed E-state index contributed by atoms with van der Waals surface area (Å²) >= 11 is 0. The standard InChI is InChI=1S/C20H25NO8S/c1-5-21-30(24,25)17-9-8-15(28-12-19(23)27-7-3)20-14(17)11-16(29-20)13(4)10-18(22)26-6-2/h8-11,21H,5-7,12H2,1-4H3/b13-10+. The van der Waals surface area contributed by atoms with Crippen LogP contribution in [-0.2, 0) is 29.1 Å². The lowest BCUT2D eigenvalue weighted by atomic mass is 10.2. The molecule has 0 bridgehead atoms. The molecule has 9 nitrogen and oxygen atoms in total. The first-order chi connectivity index (χ1) is 14.2. The van der Waals surface area contributed by atoms with E-state index in [1.807, 2.05) is 0 Å². The highest BCUT2D eigenvalue weighted by atomic mass is 32.2. The lowest BCUT2D eigenvalue weighted by Gasteiger charge is -2.09.